The molecule has 0 saturated heterocycles. The van der Waals surface area contributed by atoms with Crippen molar-refractivity contribution in [3.8, 4) is 0 Å². The fraction of sp³-hybridized carbons (Fsp3) is 0.250. The molecule has 2 N–H and O–H groups in total. The van der Waals surface area contributed by atoms with Crippen molar-refractivity contribution in [3.63, 3.8) is 0 Å². The van der Waals surface area contributed by atoms with Crippen LogP contribution in [0.4, 0.5) is 0 Å². The Bertz CT molecular complexity index is 611. The van der Waals surface area contributed by atoms with Crippen molar-refractivity contribution in [3.05, 3.63) is 68.7 Å². The van der Waals surface area contributed by atoms with Crippen LogP contribution in [0, 0.1) is 0 Å². The zero-order valence-electron chi connectivity index (χ0n) is 10.4. The Morgan fingerprint density at radius 2 is 2.05 bits per heavy atom. The van der Waals surface area contributed by atoms with Crippen molar-refractivity contribution in [2.75, 3.05) is 0 Å². The molecule has 0 spiro atoms. The molecule has 0 amide bonds. The van der Waals surface area contributed by atoms with Gasteiger partial charge in [0.2, 0.25) is 0 Å². The van der Waals surface area contributed by atoms with Gasteiger partial charge in [0.05, 0.1) is 0 Å². The number of benzene rings is 2. The average molecular weight is 337 g/mol. The van der Waals surface area contributed by atoms with E-state index in [1.807, 2.05) is 18.2 Å². The summed E-state index contributed by atoms with van der Waals surface area (Å²) >= 11 is 9.60. The highest BCUT2D eigenvalue weighted by Crippen LogP contribution is 2.41. The van der Waals surface area contributed by atoms with Crippen LogP contribution in [0.25, 0.3) is 0 Å². The molecular weight excluding hydrogens is 322 g/mol. The zero-order chi connectivity index (χ0) is 13.4. The molecule has 2 atom stereocenters. The summed E-state index contributed by atoms with van der Waals surface area (Å²) in [6, 6.07) is 14.4. The lowest BCUT2D eigenvalue weighted by molar-refractivity contribution is 0.497. The van der Waals surface area contributed by atoms with Gasteiger partial charge in [-0.25, -0.2) is 0 Å². The first kappa shape index (κ1) is 13.2. The smallest absolute Gasteiger partial charge is 0.0410 e. The van der Waals surface area contributed by atoms with Gasteiger partial charge in [-0.2, -0.15) is 0 Å². The molecule has 0 bridgehead atoms. The molecule has 1 aliphatic rings. The lowest BCUT2D eigenvalue weighted by Gasteiger charge is -2.32. The van der Waals surface area contributed by atoms with Crippen LogP contribution >= 0.6 is 27.5 Å². The topological polar surface area (TPSA) is 26.0 Å². The quantitative estimate of drug-likeness (QED) is 0.853. The van der Waals surface area contributed by atoms with E-state index in [1.165, 1.54) is 11.1 Å². The minimum atomic E-state index is 0.0198. The van der Waals surface area contributed by atoms with Gasteiger partial charge in [0.15, 0.2) is 0 Å². The first-order chi connectivity index (χ1) is 9.15. The van der Waals surface area contributed by atoms with Crippen LogP contribution in [-0.4, -0.2) is 0 Å². The number of hydrogen-bond donors (Lipinski definition) is 1. The van der Waals surface area contributed by atoms with Crippen molar-refractivity contribution in [1.29, 1.82) is 0 Å². The molecule has 0 radical (unpaired) electrons. The maximum atomic E-state index is 6.34. The van der Waals surface area contributed by atoms with Gasteiger partial charge < -0.3 is 5.73 Å². The molecule has 1 aliphatic carbocycles. The lowest BCUT2D eigenvalue weighted by atomic mass is 9.74. The molecule has 2 unspecified atom stereocenters. The van der Waals surface area contributed by atoms with Gasteiger partial charge in [0, 0.05) is 15.5 Å². The van der Waals surface area contributed by atoms with Crippen LogP contribution in [-0.2, 0) is 6.42 Å². The molecular formula is C16H15BrClN. The maximum Gasteiger partial charge on any atom is 0.0410 e. The van der Waals surface area contributed by atoms with Crippen LogP contribution in [0.1, 0.15) is 35.1 Å². The van der Waals surface area contributed by atoms with E-state index in [9.17, 15) is 0 Å². The van der Waals surface area contributed by atoms with Gasteiger partial charge in [-0.3, -0.25) is 0 Å². The SMILES string of the molecule is NC(CC1Cc2ccccc21)c1cc(Cl)ccc1Br. The molecule has 0 heterocycles. The second kappa shape index (κ2) is 5.28. The first-order valence-corrected chi connectivity index (χ1v) is 7.60. The lowest BCUT2D eigenvalue weighted by Crippen LogP contribution is -2.23. The highest BCUT2D eigenvalue weighted by Gasteiger charge is 2.27. The number of hydrogen-bond acceptors (Lipinski definition) is 1. The summed E-state index contributed by atoms with van der Waals surface area (Å²) in [6.45, 7) is 0. The normalized spacial score (nSPS) is 18.6. The van der Waals surface area contributed by atoms with E-state index in [2.05, 4.69) is 40.2 Å². The van der Waals surface area contributed by atoms with Gasteiger partial charge >= 0.3 is 0 Å². The summed E-state index contributed by atoms with van der Waals surface area (Å²) < 4.78 is 1.04. The van der Waals surface area contributed by atoms with Gasteiger partial charge in [-0.15, -0.1) is 0 Å². The van der Waals surface area contributed by atoms with E-state index in [0.29, 0.717) is 5.92 Å². The standard InChI is InChI=1S/C16H15BrClN/c17-15-6-5-12(18)9-14(15)16(19)8-11-7-10-3-1-2-4-13(10)11/h1-6,9,11,16H,7-8,19H2. The molecule has 0 saturated carbocycles. The first-order valence-electron chi connectivity index (χ1n) is 6.43. The Morgan fingerprint density at radius 3 is 2.84 bits per heavy atom. The number of rotatable bonds is 3. The second-order valence-electron chi connectivity index (χ2n) is 5.11. The summed E-state index contributed by atoms with van der Waals surface area (Å²) in [6.07, 6.45) is 2.11. The molecule has 3 rings (SSSR count). The van der Waals surface area contributed by atoms with Crippen LogP contribution in [0.5, 0.6) is 0 Å². The van der Waals surface area contributed by atoms with Crippen LogP contribution in [0.3, 0.4) is 0 Å². The Labute approximate surface area is 126 Å². The van der Waals surface area contributed by atoms with Crippen molar-refractivity contribution in [1.82, 2.24) is 0 Å². The highest BCUT2D eigenvalue weighted by atomic mass is 79.9. The van der Waals surface area contributed by atoms with Crippen LogP contribution in [0.15, 0.2) is 46.9 Å². The third-order valence-corrected chi connectivity index (χ3v) is 4.81. The summed E-state index contributed by atoms with van der Waals surface area (Å²) in [5, 5.41) is 0.739. The fourth-order valence-corrected chi connectivity index (χ4v) is 3.53. The second-order valence-corrected chi connectivity index (χ2v) is 6.40. The predicted octanol–water partition coefficient (Wildman–Crippen LogP) is 4.83. The number of fused-ring (bicyclic) bond motifs is 1. The fourth-order valence-electron chi connectivity index (χ4n) is 2.81. The van der Waals surface area contributed by atoms with E-state index in [0.717, 1.165) is 27.9 Å². The molecule has 2 aromatic carbocycles. The highest BCUT2D eigenvalue weighted by molar-refractivity contribution is 9.10. The van der Waals surface area contributed by atoms with E-state index in [4.69, 9.17) is 17.3 Å². The number of halogens is 2. The Kier molecular flexibility index (Phi) is 3.66. The van der Waals surface area contributed by atoms with Gasteiger partial charge in [0.1, 0.15) is 0 Å². The molecule has 0 aromatic heterocycles. The predicted molar refractivity (Wildman–Crippen MR) is 83.6 cm³/mol. The van der Waals surface area contributed by atoms with Crippen molar-refractivity contribution >= 4 is 27.5 Å². The summed E-state index contributed by atoms with van der Waals surface area (Å²) in [7, 11) is 0. The number of nitrogens with two attached hydrogens (primary N) is 1. The third kappa shape index (κ3) is 2.58. The van der Waals surface area contributed by atoms with Crippen molar-refractivity contribution in [2.45, 2.75) is 24.8 Å². The molecule has 2 aromatic rings. The summed E-state index contributed by atoms with van der Waals surface area (Å²) in [5.41, 5.74) is 10.4. The Hall–Kier alpha value is -0.830. The van der Waals surface area contributed by atoms with E-state index in [1.54, 1.807) is 0 Å². The van der Waals surface area contributed by atoms with E-state index < -0.39 is 0 Å². The molecule has 1 nitrogen and oxygen atoms in total. The minimum absolute atomic E-state index is 0.0198. The largest absolute Gasteiger partial charge is 0.324 e. The Balaban J connectivity index is 1.76. The monoisotopic (exact) mass is 335 g/mol. The van der Waals surface area contributed by atoms with Crippen LogP contribution < -0.4 is 5.73 Å². The van der Waals surface area contributed by atoms with Crippen molar-refractivity contribution < 1.29 is 0 Å². The van der Waals surface area contributed by atoms with Gasteiger partial charge in [-0.05, 0) is 53.6 Å². The molecule has 98 valence electrons. The molecule has 0 aliphatic heterocycles. The zero-order valence-corrected chi connectivity index (χ0v) is 12.8. The maximum absolute atomic E-state index is 6.34. The summed E-state index contributed by atoms with van der Waals surface area (Å²) in [5.74, 6) is 0.581. The van der Waals surface area contributed by atoms with Gasteiger partial charge in [-0.1, -0.05) is 51.8 Å². The van der Waals surface area contributed by atoms with Crippen LogP contribution in [0.2, 0.25) is 5.02 Å². The van der Waals surface area contributed by atoms with Crippen molar-refractivity contribution in [2.24, 2.45) is 5.73 Å². The molecule has 0 fully saturated rings. The average Bonchev–Trinajstić information content (AvgIpc) is 2.38. The van der Waals surface area contributed by atoms with E-state index in [-0.39, 0.29) is 6.04 Å². The van der Waals surface area contributed by atoms with E-state index >= 15 is 0 Å². The Morgan fingerprint density at radius 1 is 1.26 bits per heavy atom. The third-order valence-electron chi connectivity index (χ3n) is 3.86. The summed E-state index contributed by atoms with van der Waals surface area (Å²) in [4.78, 5) is 0. The molecule has 3 heteroatoms. The molecule has 19 heavy (non-hydrogen) atoms. The minimum Gasteiger partial charge on any atom is -0.324 e. The van der Waals surface area contributed by atoms with Gasteiger partial charge in [0.25, 0.3) is 0 Å².